The Balaban J connectivity index is 1.57. The molecule has 0 spiro atoms. The van der Waals surface area contributed by atoms with Crippen LogP contribution in [-0.4, -0.2) is 32.4 Å². The lowest BCUT2D eigenvalue weighted by atomic mass is 10.0. The molecule has 32 heavy (non-hydrogen) atoms. The van der Waals surface area contributed by atoms with Gasteiger partial charge < -0.3 is 0 Å². The van der Waals surface area contributed by atoms with Gasteiger partial charge in [-0.2, -0.15) is 0 Å². The molecule has 4 rings (SSSR count). The van der Waals surface area contributed by atoms with Gasteiger partial charge in [0.25, 0.3) is 10.0 Å². The topological polar surface area (TPSA) is 40.6 Å². The summed E-state index contributed by atoms with van der Waals surface area (Å²) in [7, 11) is -3.82. The monoisotopic (exact) mass is 456 g/mol. The van der Waals surface area contributed by atoms with Crippen molar-refractivity contribution in [3.8, 4) is 0 Å². The molecule has 0 radical (unpaired) electrons. The standard InChI is InChI=1S/C25H26F2N2O2S/c1-19-3-2-4-25(17-19)32(30,31)29(23-11-9-22(27)10-12-23)24-13-15-28(16-14-24)18-20-5-7-21(26)8-6-20/h2-12,17,24H,13-16,18H2,1H3. The van der Waals surface area contributed by atoms with Gasteiger partial charge in [0.05, 0.1) is 10.6 Å². The number of hydrogen-bond acceptors (Lipinski definition) is 3. The fourth-order valence-electron chi connectivity index (χ4n) is 4.18. The van der Waals surface area contributed by atoms with Crippen molar-refractivity contribution >= 4 is 15.7 Å². The lowest BCUT2D eigenvalue weighted by Crippen LogP contribution is -2.47. The minimum atomic E-state index is -3.82. The Morgan fingerprint density at radius 1 is 0.906 bits per heavy atom. The summed E-state index contributed by atoms with van der Waals surface area (Å²) in [5.41, 5.74) is 2.34. The van der Waals surface area contributed by atoms with Crippen molar-refractivity contribution in [2.45, 2.75) is 37.2 Å². The second kappa shape index (κ2) is 9.38. The fourth-order valence-corrected chi connectivity index (χ4v) is 6.00. The van der Waals surface area contributed by atoms with Crippen molar-refractivity contribution in [3.63, 3.8) is 0 Å². The third-order valence-corrected chi connectivity index (χ3v) is 7.71. The van der Waals surface area contributed by atoms with Gasteiger partial charge in [-0.1, -0.05) is 24.3 Å². The molecule has 1 aliphatic rings. The van der Waals surface area contributed by atoms with Crippen LogP contribution in [0.1, 0.15) is 24.0 Å². The number of hydrogen-bond donors (Lipinski definition) is 0. The van der Waals surface area contributed by atoms with Crippen LogP contribution in [0.25, 0.3) is 0 Å². The van der Waals surface area contributed by atoms with Crippen LogP contribution in [-0.2, 0) is 16.6 Å². The summed E-state index contributed by atoms with van der Waals surface area (Å²) < 4.78 is 55.5. The number of benzene rings is 3. The Labute approximate surface area is 188 Å². The zero-order valence-corrected chi connectivity index (χ0v) is 18.7. The summed E-state index contributed by atoms with van der Waals surface area (Å²) >= 11 is 0. The van der Waals surface area contributed by atoms with Crippen molar-refractivity contribution in [1.82, 2.24) is 4.90 Å². The Hall–Kier alpha value is -2.77. The van der Waals surface area contributed by atoms with Crippen LogP contribution in [0.3, 0.4) is 0 Å². The number of anilines is 1. The molecule has 1 fully saturated rings. The first-order chi connectivity index (χ1) is 15.3. The molecule has 0 saturated carbocycles. The Bertz CT molecular complexity index is 1160. The first kappa shape index (κ1) is 22.4. The highest BCUT2D eigenvalue weighted by atomic mass is 32.2. The quantitative estimate of drug-likeness (QED) is 0.516. The summed E-state index contributed by atoms with van der Waals surface area (Å²) in [6.45, 7) is 3.97. The van der Waals surface area contributed by atoms with E-state index in [1.807, 2.05) is 13.0 Å². The molecule has 0 bridgehead atoms. The Morgan fingerprint density at radius 2 is 1.50 bits per heavy atom. The first-order valence-corrected chi connectivity index (χ1v) is 12.1. The van der Waals surface area contributed by atoms with Crippen molar-refractivity contribution in [3.05, 3.63) is 95.6 Å². The SMILES string of the molecule is Cc1cccc(S(=O)(=O)N(c2ccc(F)cc2)C2CCN(Cc3ccc(F)cc3)CC2)c1. The summed E-state index contributed by atoms with van der Waals surface area (Å²) in [4.78, 5) is 2.47. The van der Waals surface area contributed by atoms with Crippen LogP contribution in [0.15, 0.2) is 77.7 Å². The van der Waals surface area contributed by atoms with E-state index in [1.54, 1.807) is 30.3 Å². The molecule has 7 heteroatoms. The minimum absolute atomic E-state index is 0.232. The van der Waals surface area contributed by atoms with E-state index in [-0.39, 0.29) is 16.8 Å². The van der Waals surface area contributed by atoms with E-state index < -0.39 is 15.8 Å². The maximum Gasteiger partial charge on any atom is 0.264 e. The summed E-state index contributed by atoms with van der Waals surface area (Å²) in [5, 5.41) is 0. The third kappa shape index (κ3) is 5.00. The molecule has 1 heterocycles. The molecular weight excluding hydrogens is 430 g/mol. The number of nitrogens with zero attached hydrogens (tertiary/aromatic N) is 2. The van der Waals surface area contributed by atoms with Crippen LogP contribution < -0.4 is 4.31 Å². The molecule has 0 aromatic heterocycles. The first-order valence-electron chi connectivity index (χ1n) is 10.7. The van der Waals surface area contributed by atoms with Gasteiger partial charge in [-0.05, 0) is 79.4 Å². The average Bonchev–Trinajstić information content (AvgIpc) is 2.78. The third-order valence-electron chi connectivity index (χ3n) is 5.84. The minimum Gasteiger partial charge on any atom is -0.299 e. The van der Waals surface area contributed by atoms with E-state index in [1.165, 1.54) is 40.7 Å². The number of aryl methyl sites for hydroxylation is 1. The maximum atomic E-state index is 13.7. The second-order valence-corrected chi connectivity index (χ2v) is 10.0. The van der Waals surface area contributed by atoms with Crippen LogP contribution in [0, 0.1) is 18.6 Å². The molecule has 0 unspecified atom stereocenters. The molecular formula is C25H26F2N2O2S. The molecule has 168 valence electrons. The van der Waals surface area contributed by atoms with Crippen LogP contribution in [0.5, 0.6) is 0 Å². The number of rotatable bonds is 6. The molecule has 0 aliphatic carbocycles. The zero-order chi connectivity index (χ0) is 22.7. The predicted molar refractivity (Wildman–Crippen MR) is 122 cm³/mol. The Morgan fingerprint density at radius 3 is 2.09 bits per heavy atom. The van der Waals surface area contributed by atoms with Crippen LogP contribution in [0.4, 0.5) is 14.5 Å². The van der Waals surface area contributed by atoms with Crippen LogP contribution in [0.2, 0.25) is 0 Å². The summed E-state index contributed by atoms with van der Waals surface area (Å²) in [6.07, 6.45) is 1.28. The molecule has 0 atom stereocenters. The highest BCUT2D eigenvalue weighted by molar-refractivity contribution is 7.92. The molecule has 4 nitrogen and oxygen atoms in total. The number of likely N-dealkylation sites (tertiary alicyclic amines) is 1. The van der Waals surface area contributed by atoms with Crippen molar-refractivity contribution < 1.29 is 17.2 Å². The van der Waals surface area contributed by atoms with E-state index in [0.717, 1.165) is 11.1 Å². The number of halogens is 2. The normalized spacial score (nSPS) is 15.6. The largest absolute Gasteiger partial charge is 0.299 e. The fraction of sp³-hybridized carbons (Fsp3) is 0.280. The summed E-state index contributed by atoms with van der Waals surface area (Å²) in [6, 6.07) is 18.7. The second-order valence-electron chi connectivity index (χ2n) is 8.23. The van der Waals surface area contributed by atoms with E-state index in [4.69, 9.17) is 0 Å². The van der Waals surface area contributed by atoms with Crippen molar-refractivity contribution in [1.29, 1.82) is 0 Å². The molecule has 1 saturated heterocycles. The van der Waals surface area contributed by atoms with E-state index in [9.17, 15) is 17.2 Å². The van der Waals surface area contributed by atoms with Crippen molar-refractivity contribution in [2.75, 3.05) is 17.4 Å². The smallest absolute Gasteiger partial charge is 0.264 e. The van der Waals surface area contributed by atoms with Gasteiger partial charge in [0, 0.05) is 25.7 Å². The van der Waals surface area contributed by atoms with Gasteiger partial charge >= 0.3 is 0 Å². The zero-order valence-electron chi connectivity index (χ0n) is 17.9. The predicted octanol–water partition coefficient (Wildman–Crippen LogP) is 5.13. The van der Waals surface area contributed by atoms with Gasteiger partial charge in [-0.15, -0.1) is 0 Å². The summed E-state index contributed by atoms with van der Waals surface area (Å²) in [5.74, 6) is -0.667. The maximum absolute atomic E-state index is 13.7. The van der Waals surface area contributed by atoms with E-state index in [0.29, 0.717) is 38.2 Å². The van der Waals surface area contributed by atoms with E-state index >= 15 is 0 Å². The lowest BCUT2D eigenvalue weighted by Gasteiger charge is -2.39. The molecule has 0 amide bonds. The molecule has 3 aromatic carbocycles. The van der Waals surface area contributed by atoms with E-state index in [2.05, 4.69) is 4.90 Å². The van der Waals surface area contributed by atoms with Crippen LogP contribution >= 0.6 is 0 Å². The van der Waals surface area contributed by atoms with Gasteiger partial charge in [0.2, 0.25) is 0 Å². The number of piperidine rings is 1. The molecule has 1 aliphatic heterocycles. The Kier molecular flexibility index (Phi) is 6.58. The van der Waals surface area contributed by atoms with Gasteiger partial charge in [0.15, 0.2) is 0 Å². The average molecular weight is 457 g/mol. The lowest BCUT2D eigenvalue weighted by molar-refractivity contribution is 0.206. The highest BCUT2D eigenvalue weighted by Gasteiger charge is 2.34. The number of sulfonamides is 1. The van der Waals surface area contributed by atoms with Gasteiger partial charge in [0.1, 0.15) is 11.6 Å². The van der Waals surface area contributed by atoms with Gasteiger partial charge in [-0.3, -0.25) is 9.21 Å². The van der Waals surface area contributed by atoms with Crippen molar-refractivity contribution in [2.24, 2.45) is 0 Å². The molecule has 0 N–H and O–H groups in total. The van der Waals surface area contributed by atoms with Gasteiger partial charge in [-0.25, -0.2) is 17.2 Å². The highest BCUT2D eigenvalue weighted by Crippen LogP contribution is 2.31. The molecule has 3 aromatic rings.